The van der Waals surface area contributed by atoms with Crippen molar-refractivity contribution in [1.29, 1.82) is 0 Å². The van der Waals surface area contributed by atoms with E-state index in [1.165, 1.54) is 38.5 Å². The number of nitrogens with one attached hydrogen (secondary N) is 1. The van der Waals surface area contributed by atoms with E-state index in [4.69, 9.17) is 0 Å². The summed E-state index contributed by atoms with van der Waals surface area (Å²) in [5.41, 5.74) is 1.26. The van der Waals surface area contributed by atoms with Crippen LogP contribution in [0.15, 0.2) is 30.3 Å². The summed E-state index contributed by atoms with van der Waals surface area (Å²) >= 11 is 0. The Morgan fingerprint density at radius 1 is 1.09 bits per heavy atom. The van der Waals surface area contributed by atoms with Gasteiger partial charge >= 0.3 is 0 Å². The molecule has 4 aliphatic rings. The highest BCUT2D eigenvalue weighted by Crippen LogP contribution is 2.54. The van der Waals surface area contributed by atoms with Gasteiger partial charge in [-0.1, -0.05) is 18.2 Å². The van der Waals surface area contributed by atoms with E-state index in [0.717, 1.165) is 23.4 Å². The van der Waals surface area contributed by atoms with E-state index in [0.29, 0.717) is 5.54 Å². The summed E-state index contributed by atoms with van der Waals surface area (Å²) in [6, 6.07) is 9.80. The van der Waals surface area contributed by atoms with Crippen LogP contribution in [-0.4, -0.2) is 17.5 Å². The number of hydrogen-bond donors (Lipinski definition) is 2. The number of hydrogen-bond acceptors (Lipinski definition) is 1. The van der Waals surface area contributed by atoms with Crippen LogP contribution >= 0.6 is 0 Å². The highest BCUT2D eigenvalue weighted by Gasteiger charge is 2.54. The van der Waals surface area contributed by atoms with E-state index < -0.39 is 0 Å². The van der Waals surface area contributed by atoms with E-state index in [-0.39, 0.29) is 11.9 Å². The van der Waals surface area contributed by atoms with Crippen molar-refractivity contribution < 1.29 is 10.1 Å². The topological polar surface area (TPSA) is 45.7 Å². The maximum absolute atomic E-state index is 12.5. The summed E-state index contributed by atoms with van der Waals surface area (Å²) in [5.74, 6) is 2.95. The zero-order valence-corrected chi connectivity index (χ0v) is 13.4. The molecule has 0 aromatic heterocycles. The lowest BCUT2D eigenvalue weighted by Gasteiger charge is -2.55. The first-order chi connectivity index (χ1) is 10.6. The zero-order chi connectivity index (χ0) is 15.2. The Bertz CT molecular complexity index is 519. The second kappa shape index (κ2) is 5.38. The summed E-state index contributed by atoms with van der Waals surface area (Å²) in [6.45, 7) is 2.07. The molecule has 1 aromatic rings. The lowest BCUT2D eigenvalue weighted by molar-refractivity contribution is -0.754. The molecule has 3 nitrogen and oxygen atoms in total. The number of benzene rings is 1. The average Bonchev–Trinajstić information content (AvgIpc) is 2.46. The molecule has 22 heavy (non-hydrogen) atoms. The fourth-order valence-corrected chi connectivity index (χ4v) is 5.77. The van der Waals surface area contributed by atoms with Gasteiger partial charge in [-0.15, -0.1) is 0 Å². The Balaban J connectivity index is 1.41. The number of para-hydroxylation sites is 1. The maximum atomic E-state index is 12.5. The number of carbonyl (C=O) groups is 1. The van der Waals surface area contributed by atoms with Gasteiger partial charge in [0.05, 0.1) is 5.54 Å². The SMILES string of the molecule is C[C@@H]([NH2+]C12CC3CC(CC(C3)C1)C2)C(=O)Nc1ccccc1. The summed E-state index contributed by atoms with van der Waals surface area (Å²) < 4.78 is 0. The second-order valence-corrected chi connectivity index (χ2v) is 8.09. The molecule has 4 aliphatic carbocycles. The molecule has 5 rings (SSSR count). The van der Waals surface area contributed by atoms with Crippen molar-refractivity contribution in [2.45, 2.75) is 57.0 Å². The molecule has 118 valence electrons. The van der Waals surface area contributed by atoms with Gasteiger partial charge in [0.25, 0.3) is 5.91 Å². The molecular weight excluding hydrogens is 272 g/mol. The van der Waals surface area contributed by atoms with Gasteiger partial charge in [0.1, 0.15) is 0 Å². The van der Waals surface area contributed by atoms with Crippen molar-refractivity contribution in [3.05, 3.63) is 30.3 Å². The van der Waals surface area contributed by atoms with Crippen molar-refractivity contribution in [2.75, 3.05) is 5.32 Å². The summed E-state index contributed by atoms with van der Waals surface area (Å²) in [5, 5.41) is 5.47. The molecule has 1 amide bonds. The molecule has 0 radical (unpaired) electrons. The minimum absolute atomic E-state index is 0.00328. The predicted molar refractivity (Wildman–Crippen MR) is 87.4 cm³/mol. The van der Waals surface area contributed by atoms with Crippen LogP contribution in [0.4, 0.5) is 5.69 Å². The van der Waals surface area contributed by atoms with E-state index in [1.54, 1.807) is 0 Å². The van der Waals surface area contributed by atoms with Crippen LogP contribution in [0.1, 0.15) is 45.4 Å². The molecule has 1 atom stereocenters. The first-order valence-corrected chi connectivity index (χ1v) is 8.84. The molecule has 0 unspecified atom stereocenters. The van der Waals surface area contributed by atoms with Crippen molar-refractivity contribution in [3.63, 3.8) is 0 Å². The standard InChI is InChI=1S/C19H26N2O/c1-13(18(22)20-17-5-3-2-4-6-17)21-19-10-14-7-15(11-19)9-16(8-14)12-19/h2-6,13-16,21H,7-12H2,1H3,(H,20,22)/p+1/t13-,14?,15?,16?,19?/m1/s1. The van der Waals surface area contributed by atoms with Gasteiger partial charge < -0.3 is 10.6 Å². The van der Waals surface area contributed by atoms with Gasteiger partial charge in [0, 0.05) is 24.9 Å². The fourth-order valence-electron chi connectivity index (χ4n) is 5.77. The number of nitrogens with two attached hydrogens (primary N) is 1. The van der Waals surface area contributed by atoms with Crippen molar-refractivity contribution in [1.82, 2.24) is 0 Å². The molecule has 0 saturated heterocycles. The monoisotopic (exact) mass is 299 g/mol. The summed E-state index contributed by atoms with van der Waals surface area (Å²) in [6.07, 6.45) is 8.37. The first-order valence-electron chi connectivity index (χ1n) is 8.84. The third kappa shape index (κ3) is 2.67. The van der Waals surface area contributed by atoms with Crippen LogP contribution in [0.3, 0.4) is 0 Å². The smallest absolute Gasteiger partial charge is 0.282 e. The van der Waals surface area contributed by atoms with E-state index in [1.807, 2.05) is 30.3 Å². The summed E-state index contributed by atoms with van der Waals surface area (Å²) in [7, 11) is 0. The Hall–Kier alpha value is -1.35. The number of amides is 1. The number of carbonyl (C=O) groups excluding carboxylic acids is 1. The quantitative estimate of drug-likeness (QED) is 0.882. The van der Waals surface area contributed by atoms with Gasteiger partial charge in [0.15, 0.2) is 6.04 Å². The molecule has 0 aliphatic heterocycles. The lowest BCUT2D eigenvalue weighted by atomic mass is 9.53. The molecule has 3 N–H and O–H groups in total. The molecule has 4 saturated carbocycles. The first kappa shape index (κ1) is 14.3. The normalized spacial score (nSPS) is 37.0. The van der Waals surface area contributed by atoms with Crippen molar-refractivity contribution >= 4 is 11.6 Å². The van der Waals surface area contributed by atoms with Crippen LogP contribution in [-0.2, 0) is 4.79 Å². The Morgan fingerprint density at radius 3 is 2.18 bits per heavy atom. The largest absolute Gasteiger partial charge is 0.331 e. The number of anilines is 1. The van der Waals surface area contributed by atoms with Crippen LogP contribution in [0.2, 0.25) is 0 Å². The predicted octanol–water partition coefficient (Wildman–Crippen LogP) is 2.55. The molecule has 3 heteroatoms. The summed E-state index contributed by atoms with van der Waals surface area (Å²) in [4.78, 5) is 12.5. The average molecular weight is 299 g/mol. The van der Waals surface area contributed by atoms with Crippen molar-refractivity contribution in [2.24, 2.45) is 17.8 Å². The van der Waals surface area contributed by atoms with Crippen molar-refractivity contribution in [3.8, 4) is 0 Å². The highest BCUT2D eigenvalue weighted by atomic mass is 16.2. The molecule has 4 fully saturated rings. The second-order valence-electron chi connectivity index (χ2n) is 8.09. The fraction of sp³-hybridized carbons (Fsp3) is 0.632. The lowest BCUT2D eigenvalue weighted by Crippen LogP contribution is -3.03. The van der Waals surface area contributed by atoms with Gasteiger partial charge in [-0.3, -0.25) is 4.79 Å². The van der Waals surface area contributed by atoms with Gasteiger partial charge in [0.2, 0.25) is 0 Å². The molecule has 0 heterocycles. The van der Waals surface area contributed by atoms with Crippen LogP contribution in [0.25, 0.3) is 0 Å². The van der Waals surface area contributed by atoms with E-state index in [9.17, 15) is 4.79 Å². The highest BCUT2D eigenvalue weighted by molar-refractivity contribution is 5.93. The van der Waals surface area contributed by atoms with Gasteiger partial charge in [-0.2, -0.15) is 0 Å². The number of rotatable bonds is 4. The Labute approximate surface area is 132 Å². The van der Waals surface area contributed by atoms with Gasteiger partial charge in [-0.25, -0.2) is 0 Å². The Morgan fingerprint density at radius 2 is 1.64 bits per heavy atom. The third-order valence-electron chi connectivity index (χ3n) is 6.14. The van der Waals surface area contributed by atoms with E-state index in [2.05, 4.69) is 17.6 Å². The Kier molecular flexibility index (Phi) is 3.48. The van der Waals surface area contributed by atoms with Crippen LogP contribution in [0.5, 0.6) is 0 Å². The van der Waals surface area contributed by atoms with E-state index >= 15 is 0 Å². The molecule has 1 aromatic carbocycles. The third-order valence-corrected chi connectivity index (χ3v) is 6.14. The minimum atomic E-state index is -0.00328. The van der Waals surface area contributed by atoms with Crippen LogP contribution in [0, 0.1) is 17.8 Å². The zero-order valence-electron chi connectivity index (χ0n) is 13.4. The minimum Gasteiger partial charge on any atom is -0.331 e. The van der Waals surface area contributed by atoms with Gasteiger partial charge in [-0.05, 0) is 56.1 Å². The van der Waals surface area contributed by atoms with Crippen LogP contribution < -0.4 is 10.6 Å². The molecule has 4 bridgehead atoms. The molecule has 0 spiro atoms. The maximum Gasteiger partial charge on any atom is 0.282 e. The molecular formula is C19H27N2O+. The number of quaternary nitrogens is 1.